The van der Waals surface area contributed by atoms with Gasteiger partial charge in [-0.05, 0) is 40.5 Å². The lowest BCUT2D eigenvalue weighted by atomic mass is 9.80. The molecule has 2 amide bonds. The maximum atomic E-state index is 13.7. The number of methoxy groups -OCH3 is 1. The van der Waals surface area contributed by atoms with Crippen LogP contribution in [0.4, 0.5) is 9.18 Å². The predicted octanol–water partition coefficient (Wildman–Crippen LogP) is -0.277. The number of halogens is 1. The highest BCUT2D eigenvalue weighted by atomic mass is 19.1. The van der Waals surface area contributed by atoms with E-state index in [1.54, 1.807) is 19.1 Å². The molecule has 0 spiro atoms. The van der Waals surface area contributed by atoms with Crippen LogP contribution in [0.5, 0.6) is 0 Å². The predicted molar refractivity (Wildman–Crippen MR) is 150 cm³/mol. The summed E-state index contributed by atoms with van der Waals surface area (Å²) in [5, 5.41) is 20.4. The summed E-state index contributed by atoms with van der Waals surface area (Å²) in [4.78, 5) is 29.6. The number of nitrogens with one attached hydrogen (secondary N) is 6. The van der Waals surface area contributed by atoms with Crippen molar-refractivity contribution < 1.29 is 23.5 Å². The summed E-state index contributed by atoms with van der Waals surface area (Å²) in [6.07, 6.45) is 1.21. The Kier molecular flexibility index (Phi) is 10.6. The Morgan fingerprint density at radius 2 is 1.77 bits per heavy atom. The summed E-state index contributed by atoms with van der Waals surface area (Å²) in [6, 6.07) is 0.109. The number of hydrogen-bond donors (Lipinski definition) is 6. The Morgan fingerprint density at radius 1 is 1.05 bits per heavy atom. The lowest BCUT2D eigenvalue weighted by molar-refractivity contribution is -0.128. The molecule has 0 bridgehead atoms. The molecule has 13 heteroatoms. The van der Waals surface area contributed by atoms with Crippen molar-refractivity contribution in [2.75, 3.05) is 53.4 Å². The molecule has 1 saturated carbocycles. The van der Waals surface area contributed by atoms with E-state index >= 15 is 0 Å². The van der Waals surface area contributed by atoms with Gasteiger partial charge in [-0.3, -0.25) is 36.3 Å². The second kappa shape index (κ2) is 13.6. The molecule has 12 nitrogen and oxygen atoms in total. The first-order valence-electron chi connectivity index (χ1n) is 14.8. The number of alkyl halides is 1. The number of nitrogens with zero attached hydrogens (tertiary/aromatic N) is 2. The first-order chi connectivity index (χ1) is 19.0. The van der Waals surface area contributed by atoms with Crippen LogP contribution in [0.3, 0.4) is 0 Å². The van der Waals surface area contributed by atoms with Crippen LogP contribution in [0.2, 0.25) is 0 Å². The first-order valence-corrected chi connectivity index (χ1v) is 14.8. The van der Waals surface area contributed by atoms with Gasteiger partial charge in [-0.2, -0.15) is 0 Å². The zero-order chi connectivity index (χ0) is 29.0. The normalized spacial score (nSPS) is 38.1. The molecule has 0 aromatic heterocycles. The Hall–Kier alpha value is -1.61. The lowest BCUT2D eigenvalue weighted by Gasteiger charge is -2.50. The quantitative estimate of drug-likeness (QED) is 0.254. The van der Waals surface area contributed by atoms with Gasteiger partial charge in [-0.1, -0.05) is 6.42 Å². The van der Waals surface area contributed by atoms with Crippen LogP contribution in [0.1, 0.15) is 47.0 Å². The van der Waals surface area contributed by atoms with Gasteiger partial charge in [0.05, 0.1) is 24.4 Å². The van der Waals surface area contributed by atoms with Crippen LogP contribution in [0.25, 0.3) is 0 Å². The van der Waals surface area contributed by atoms with Crippen LogP contribution < -0.4 is 31.9 Å². The third kappa shape index (κ3) is 7.61. The van der Waals surface area contributed by atoms with Crippen LogP contribution in [-0.4, -0.2) is 124 Å². The highest BCUT2D eigenvalue weighted by Gasteiger charge is 2.44. The van der Waals surface area contributed by atoms with Crippen LogP contribution >= 0.6 is 0 Å². The molecule has 3 heterocycles. The van der Waals surface area contributed by atoms with E-state index in [1.807, 2.05) is 20.8 Å². The van der Waals surface area contributed by atoms with Crippen molar-refractivity contribution in [2.45, 2.75) is 95.5 Å². The summed E-state index contributed by atoms with van der Waals surface area (Å²) in [5.74, 6) is -0.180. The van der Waals surface area contributed by atoms with E-state index < -0.39 is 11.8 Å². The smallest absolute Gasteiger partial charge is 0.410 e. The average molecular weight is 571 g/mol. The first kappa shape index (κ1) is 31.3. The van der Waals surface area contributed by atoms with E-state index in [4.69, 9.17) is 9.47 Å². The maximum Gasteiger partial charge on any atom is 0.410 e. The molecule has 4 fully saturated rings. The SMILES string of the molecule is CNC(=O)C1CNC(N2CCN(C(=O)OC(C)(C)C)CC2C)NC1NC1CCCC(C2NCC(F)CN2)C1OC. The lowest BCUT2D eigenvalue weighted by Crippen LogP contribution is -2.74. The minimum absolute atomic E-state index is 0.00728. The number of amides is 2. The van der Waals surface area contributed by atoms with Crippen LogP contribution in [0, 0.1) is 11.8 Å². The fourth-order valence-corrected chi connectivity index (χ4v) is 6.62. The van der Waals surface area contributed by atoms with Gasteiger partial charge < -0.3 is 19.7 Å². The molecule has 0 aromatic rings. The fourth-order valence-electron chi connectivity index (χ4n) is 6.62. The Morgan fingerprint density at radius 3 is 2.40 bits per heavy atom. The molecule has 4 rings (SSSR count). The van der Waals surface area contributed by atoms with Gasteiger partial charge in [-0.25, -0.2) is 9.18 Å². The minimum Gasteiger partial charge on any atom is -0.444 e. The van der Waals surface area contributed by atoms with Crippen molar-refractivity contribution in [1.82, 2.24) is 41.7 Å². The maximum absolute atomic E-state index is 13.7. The molecular formula is C27H51FN8O4. The van der Waals surface area contributed by atoms with Gasteiger partial charge >= 0.3 is 6.09 Å². The molecule has 6 N–H and O–H groups in total. The third-order valence-corrected chi connectivity index (χ3v) is 8.60. The Bertz CT molecular complexity index is 855. The van der Waals surface area contributed by atoms with E-state index in [1.165, 1.54) is 0 Å². The monoisotopic (exact) mass is 570 g/mol. The van der Waals surface area contributed by atoms with Gasteiger partial charge in [0.1, 0.15) is 18.1 Å². The minimum atomic E-state index is -0.882. The van der Waals surface area contributed by atoms with Gasteiger partial charge in [0.25, 0.3) is 0 Å². The molecular weight excluding hydrogens is 519 g/mol. The van der Waals surface area contributed by atoms with Crippen LogP contribution in [-0.2, 0) is 14.3 Å². The average Bonchev–Trinajstić information content (AvgIpc) is 2.92. The number of carbonyl (C=O) groups is 2. The van der Waals surface area contributed by atoms with Gasteiger partial charge in [0.2, 0.25) is 5.91 Å². The summed E-state index contributed by atoms with van der Waals surface area (Å²) in [6.45, 7) is 10.7. The highest BCUT2D eigenvalue weighted by Crippen LogP contribution is 2.31. The van der Waals surface area contributed by atoms with E-state index in [0.29, 0.717) is 39.3 Å². The standard InChI is InChI=1S/C27H51FN8O4/c1-16-15-35(26(38)40-27(2,3)4)10-11-36(16)25-32-14-19(24(37)29-5)23(34-25)33-20-9-7-8-18(21(20)39-6)22-30-12-17(28)13-31-22/h16-23,25,30-34H,7-15H2,1-6H3,(H,29,37). The van der Waals surface area contributed by atoms with Crippen molar-refractivity contribution in [3.63, 3.8) is 0 Å². The summed E-state index contributed by atoms with van der Waals surface area (Å²) in [5.41, 5.74) is -0.533. The third-order valence-electron chi connectivity index (χ3n) is 8.60. The van der Waals surface area contributed by atoms with Gasteiger partial charge in [-0.15, -0.1) is 0 Å². The second-order valence-corrected chi connectivity index (χ2v) is 12.6. The number of piperazine rings is 1. The van der Waals surface area contributed by atoms with Crippen molar-refractivity contribution in [2.24, 2.45) is 11.8 Å². The second-order valence-electron chi connectivity index (χ2n) is 12.6. The fraction of sp³-hybridized carbons (Fsp3) is 0.926. The summed E-state index contributed by atoms with van der Waals surface area (Å²) < 4.78 is 25.4. The molecule has 7 atom stereocenters. The number of rotatable bonds is 6. The van der Waals surface area contributed by atoms with Crippen molar-refractivity contribution in [3.05, 3.63) is 0 Å². The summed E-state index contributed by atoms with van der Waals surface area (Å²) >= 11 is 0. The highest BCUT2D eigenvalue weighted by molar-refractivity contribution is 5.79. The molecule has 0 aromatic carbocycles. The summed E-state index contributed by atoms with van der Waals surface area (Å²) in [7, 11) is 3.40. The van der Waals surface area contributed by atoms with Crippen LogP contribution in [0.15, 0.2) is 0 Å². The van der Waals surface area contributed by atoms with Gasteiger partial charge in [0, 0.05) is 71.4 Å². The Labute approximate surface area is 238 Å². The number of ether oxygens (including phenoxy) is 2. The van der Waals surface area contributed by atoms with Gasteiger partial charge in [0.15, 0.2) is 0 Å². The molecule has 3 aliphatic heterocycles. The molecule has 40 heavy (non-hydrogen) atoms. The number of hydrogen-bond acceptors (Lipinski definition) is 10. The number of carbonyl (C=O) groups excluding carboxylic acids is 2. The molecule has 0 radical (unpaired) electrons. The van der Waals surface area contributed by atoms with Crippen molar-refractivity contribution in [1.29, 1.82) is 0 Å². The van der Waals surface area contributed by atoms with Crippen molar-refractivity contribution >= 4 is 12.0 Å². The van der Waals surface area contributed by atoms with E-state index in [-0.39, 0.29) is 60.6 Å². The molecule has 4 aliphatic rings. The topological polar surface area (TPSA) is 131 Å². The Balaban J connectivity index is 1.42. The zero-order valence-electron chi connectivity index (χ0n) is 25.0. The zero-order valence-corrected chi connectivity index (χ0v) is 25.0. The van der Waals surface area contributed by atoms with E-state index in [2.05, 4.69) is 43.7 Å². The van der Waals surface area contributed by atoms with Crippen molar-refractivity contribution in [3.8, 4) is 0 Å². The molecule has 1 aliphatic carbocycles. The molecule has 3 saturated heterocycles. The van der Waals surface area contributed by atoms with E-state index in [9.17, 15) is 14.0 Å². The van der Waals surface area contributed by atoms with E-state index in [0.717, 1.165) is 19.3 Å². The molecule has 7 unspecified atom stereocenters. The largest absolute Gasteiger partial charge is 0.444 e. The molecule has 230 valence electrons.